The summed E-state index contributed by atoms with van der Waals surface area (Å²) in [6.45, 7) is 1.87. The first kappa shape index (κ1) is 9.44. The van der Waals surface area contributed by atoms with Crippen LogP contribution in [0.3, 0.4) is 0 Å². The number of fused-ring (bicyclic) bond motifs is 1. The van der Waals surface area contributed by atoms with E-state index in [1.807, 2.05) is 18.4 Å². The molecule has 0 N–H and O–H groups in total. The molecule has 0 radical (unpaired) electrons. The number of rotatable bonds is 2. The Hall–Kier alpha value is -1.12. The summed E-state index contributed by atoms with van der Waals surface area (Å²) in [6.07, 6.45) is 1.55. The van der Waals surface area contributed by atoms with Gasteiger partial charge in [-0.2, -0.15) is 5.26 Å². The fourth-order valence-electron chi connectivity index (χ4n) is 1.06. The quantitative estimate of drug-likeness (QED) is 0.578. The van der Waals surface area contributed by atoms with Crippen molar-refractivity contribution in [2.75, 3.05) is 0 Å². The second-order valence-corrected chi connectivity index (χ2v) is 4.93. The molecule has 0 aliphatic carbocycles. The normalized spacial score (nSPS) is 12.6. The van der Waals surface area contributed by atoms with E-state index in [1.165, 1.54) is 11.8 Å². The van der Waals surface area contributed by atoms with Crippen LogP contribution in [0.5, 0.6) is 0 Å². The van der Waals surface area contributed by atoms with E-state index in [4.69, 9.17) is 5.26 Å². The van der Waals surface area contributed by atoms with Crippen molar-refractivity contribution in [1.82, 2.24) is 9.97 Å². The van der Waals surface area contributed by atoms with Crippen LogP contribution in [0.25, 0.3) is 10.2 Å². The Balaban J connectivity index is 2.42. The molecule has 2 aromatic heterocycles. The minimum Gasteiger partial charge on any atom is -0.229 e. The van der Waals surface area contributed by atoms with Crippen LogP contribution in [-0.4, -0.2) is 15.2 Å². The van der Waals surface area contributed by atoms with Gasteiger partial charge in [0.15, 0.2) is 0 Å². The van der Waals surface area contributed by atoms with Crippen LogP contribution in [0.4, 0.5) is 0 Å². The third-order valence-corrected chi connectivity index (χ3v) is 3.52. The molecule has 70 valence electrons. The third-order valence-electron chi connectivity index (χ3n) is 1.70. The lowest BCUT2D eigenvalue weighted by molar-refractivity contribution is 1.10. The van der Waals surface area contributed by atoms with Gasteiger partial charge in [0, 0.05) is 5.39 Å². The van der Waals surface area contributed by atoms with E-state index in [0.29, 0.717) is 0 Å². The van der Waals surface area contributed by atoms with Crippen LogP contribution >= 0.6 is 23.1 Å². The van der Waals surface area contributed by atoms with Crippen molar-refractivity contribution in [3.05, 3.63) is 17.8 Å². The van der Waals surface area contributed by atoms with E-state index in [-0.39, 0.29) is 5.25 Å². The van der Waals surface area contributed by atoms with Crippen LogP contribution in [0.15, 0.2) is 22.8 Å². The summed E-state index contributed by atoms with van der Waals surface area (Å²) in [7, 11) is 0. The molecule has 0 saturated heterocycles. The van der Waals surface area contributed by atoms with Gasteiger partial charge in [0.05, 0.1) is 11.3 Å². The molecule has 0 fully saturated rings. The molecule has 0 aliphatic rings. The number of hydrogen-bond acceptors (Lipinski definition) is 5. The van der Waals surface area contributed by atoms with Gasteiger partial charge in [-0.25, -0.2) is 9.97 Å². The molecular formula is C9H7N3S2. The van der Waals surface area contributed by atoms with Gasteiger partial charge in [-0.3, -0.25) is 0 Å². The van der Waals surface area contributed by atoms with Gasteiger partial charge in [0.2, 0.25) is 0 Å². The second kappa shape index (κ2) is 3.95. The molecular weight excluding hydrogens is 214 g/mol. The zero-order chi connectivity index (χ0) is 9.97. The Bertz CT molecular complexity index is 486. The van der Waals surface area contributed by atoms with Crippen LogP contribution in [0, 0.1) is 11.3 Å². The van der Waals surface area contributed by atoms with E-state index in [2.05, 4.69) is 16.0 Å². The van der Waals surface area contributed by atoms with Crippen molar-refractivity contribution in [3.63, 3.8) is 0 Å². The minimum absolute atomic E-state index is 0.0759. The molecule has 2 rings (SSSR count). The topological polar surface area (TPSA) is 49.6 Å². The molecule has 0 amide bonds. The number of thioether (sulfide) groups is 1. The predicted molar refractivity (Wildman–Crippen MR) is 58.3 cm³/mol. The van der Waals surface area contributed by atoms with Gasteiger partial charge < -0.3 is 0 Å². The van der Waals surface area contributed by atoms with Crippen molar-refractivity contribution < 1.29 is 0 Å². The van der Waals surface area contributed by atoms with Crippen molar-refractivity contribution in [3.8, 4) is 6.07 Å². The zero-order valence-corrected chi connectivity index (χ0v) is 9.10. The lowest BCUT2D eigenvalue weighted by Gasteiger charge is -2.01. The summed E-state index contributed by atoms with van der Waals surface area (Å²) in [5.74, 6) is 0. The van der Waals surface area contributed by atoms with Crippen molar-refractivity contribution >= 4 is 33.3 Å². The lowest BCUT2D eigenvalue weighted by Crippen LogP contribution is -1.92. The lowest BCUT2D eigenvalue weighted by atomic mass is 10.4. The maximum atomic E-state index is 8.71. The number of thiophene rings is 1. The summed E-state index contributed by atoms with van der Waals surface area (Å²) >= 11 is 3.06. The van der Waals surface area contributed by atoms with E-state index in [0.717, 1.165) is 15.2 Å². The molecule has 0 aliphatic heterocycles. The fourth-order valence-corrected chi connectivity index (χ4v) is 2.64. The SMILES string of the molecule is C[C@@H](C#N)Sc1ncnc2sccc12. The average molecular weight is 221 g/mol. The van der Waals surface area contributed by atoms with Gasteiger partial charge in [-0.1, -0.05) is 11.8 Å². The molecule has 2 aromatic rings. The van der Waals surface area contributed by atoms with Crippen molar-refractivity contribution in [2.24, 2.45) is 0 Å². The van der Waals surface area contributed by atoms with Gasteiger partial charge in [0.25, 0.3) is 0 Å². The van der Waals surface area contributed by atoms with Crippen LogP contribution in [0.2, 0.25) is 0 Å². The van der Waals surface area contributed by atoms with E-state index in [1.54, 1.807) is 17.7 Å². The van der Waals surface area contributed by atoms with E-state index >= 15 is 0 Å². The Labute approximate surface area is 89.8 Å². The summed E-state index contributed by atoms with van der Waals surface area (Å²) in [4.78, 5) is 9.30. The van der Waals surface area contributed by atoms with Gasteiger partial charge >= 0.3 is 0 Å². The number of nitrogens with zero attached hydrogens (tertiary/aromatic N) is 3. The standard InChI is InChI=1S/C9H7N3S2/c1-6(4-10)14-9-7-2-3-13-8(7)11-5-12-9/h2-3,5-6H,1H3/t6-/m0/s1. The maximum absolute atomic E-state index is 8.71. The largest absolute Gasteiger partial charge is 0.229 e. The maximum Gasteiger partial charge on any atom is 0.127 e. The van der Waals surface area contributed by atoms with Crippen molar-refractivity contribution in [2.45, 2.75) is 17.2 Å². The highest BCUT2D eigenvalue weighted by atomic mass is 32.2. The molecule has 14 heavy (non-hydrogen) atoms. The summed E-state index contributed by atoms with van der Waals surface area (Å²) in [6, 6.07) is 4.17. The Morgan fingerprint density at radius 1 is 1.57 bits per heavy atom. The highest BCUT2D eigenvalue weighted by Gasteiger charge is 2.08. The minimum atomic E-state index is -0.0759. The molecule has 3 nitrogen and oxygen atoms in total. The predicted octanol–water partition coefficient (Wildman–Crippen LogP) is 2.70. The molecule has 5 heteroatoms. The number of nitriles is 1. The second-order valence-electron chi connectivity index (χ2n) is 2.71. The fraction of sp³-hybridized carbons (Fsp3) is 0.222. The molecule has 0 spiro atoms. The smallest absolute Gasteiger partial charge is 0.127 e. The Kier molecular flexibility index (Phi) is 2.66. The Morgan fingerprint density at radius 3 is 3.21 bits per heavy atom. The first-order chi connectivity index (χ1) is 6.81. The van der Waals surface area contributed by atoms with Crippen LogP contribution < -0.4 is 0 Å². The monoisotopic (exact) mass is 221 g/mol. The average Bonchev–Trinajstić information content (AvgIpc) is 2.66. The molecule has 0 bridgehead atoms. The van der Waals surface area contributed by atoms with Crippen LogP contribution in [-0.2, 0) is 0 Å². The summed E-state index contributed by atoms with van der Waals surface area (Å²) in [5, 5.41) is 12.6. The first-order valence-corrected chi connectivity index (χ1v) is 5.81. The number of aromatic nitrogens is 2. The highest BCUT2D eigenvalue weighted by molar-refractivity contribution is 8.00. The molecule has 2 heterocycles. The first-order valence-electron chi connectivity index (χ1n) is 4.05. The van der Waals surface area contributed by atoms with Crippen molar-refractivity contribution in [1.29, 1.82) is 5.26 Å². The highest BCUT2D eigenvalue weighted by Crippen LogP contribution is 2.29. The molecule has 0 saturated carbocycles. The van der Waals surface area contributed by atoms with Crippen LogP contribution in [0.1, 0.15) is 6.92 Å². The van der Waals surface area contributed by atoms with E-state index < -0.39 is 0 Å². The summed E-state index contributed by atoms with van der Waals surface area (Å²) in [5.41, 5.74) is 0. The third kappa shape index (κ3) is 1.72. The number of hydrogen-bond donors (Lipinski definition) is 0. The van der Waals surface area contributed by atoms with Gasteiger partial charge in [-0.05, 0) is 18.4 Å². The van der Waals surface area contributed by atoms with E-state index in [9.17, 15) is 0 Å². The molecule has 1 atom stereocenters. The zero-order valence-electron chi connectivity index (χ0n) is 7.47. The summed E-state index contributed by atoms with van der Waals surface area (Å²) < 4.78 is 0. The molecule has 0 unspecified atom stereocenters. The van der Waals surface area contributed by atoms with Gasteiger partial charge in [-0.15, -0.1) is 11.3 Å². The van der Waals surface area contributed by atoms with Gasteiger partial charge in [0.1, 0.15) is 16.2 Å². The molecule has 0 aromatic carbocycles. The Morgan fingerprint density at radius 2 is 2.43 bits per heavy atom.